The summed E-state index contributed by atoms with van der Waals surface area (Å²) in [5, 5.41) is 8.96. The first kappa shape index (κ1) is 15.8. The van der Waals surface area contributed by atoms with Gasteiger partial charge in [-0.15, -0.1) is 0 Å². The van der Waals surface area contributed by atoms with Gasteiger partial charge in [0.05, 0.1) is 17.9 Å². The topological polar surface area (TPSA) is 77.5 Å². The lowest BCUT2D eigenvalue weighted by Crippen LogP contribution is -2.37. The van der Waals surface area contributed by atoms with Crippen molar-refractivity contribution >= 4 is 11.8 Å². The summed E-state index contributed by atoms with van der Waals surface area (Å²) < 4.78 is 5.16. The fraction of sp³-hybridized carbons (Fsp3) is 0.278. The molecule has 0 saturated carbocycles. The zero-order valence-corrected chi connectivity index (χ0v) is 13.1. The lowest BCUT2D eigenvalue weighted by atomic mass is 10.1. The predicted molar refractivity (Wildman–Crippen MR) is 86.3 cm³/mol. The number of nitriles is 1. The van der Waals surface area contributed by atoms with E-state index in [0.717, 1.165) is 0 Å². The van der Waals surface area contributed by atoms with Crippen molar-refractivity contribution in [1.29, 1.82) is 5.26 Å². The Morgan fingerprint density at radius 1 is 1.00 bits per heavy atom. The molecular weight excluding hydrogens is 306 g/mol. The Balaban J connectivity index is 1.68. The molecule has 1 fully saturated rings. The van der Waals surface area contributed by atoms with Crippen molar-refractivity contribution in [3.05, 3.63) is 59.5 Å². The quantitative estimate of drug-likeness (QED) is 0.848. The van der Waals surface area contributed by atoms with Crippen LogP contribution in [0.2, 0.25) is 0 Å². The van der Waals surface area contributed by atoms with E-state index in [0.29, 0.717) is 49.5 Å². The molecule has 24 heavy (non-hydrogen) atoms. The maximum absolute atomic E-state index is 12.6. The van der Waals surface area contributed by atoms with Crippen LogP contribution < -0.4 is 0 Å². The van der Waals surface area contributed by atoms with Gasteiger partial charge in [0.15, 0.2) is 5.76 Å². The lowest BCUT2D eigenvalue weighted by Gasteiger charge is -2.21. The molecule has 0 atom stereocenters. The molecule has 2 amide bonds. The number of carbonyl (C=O) groups is 2. The summed E-state index contributed by atoms with van der Waals surface area (Å²) in [6, 6.07) is 12.0. The summed E-state index contributed by atoms with van der Waals surface area (Å²) in [6.45, 7) is 2.09. The minimum absolute atomic E-state index is 0.112. The highest BCUT2D eigenvalue weighted by molar-refractivity contribution is 5.95. The Bertz CT molecular complexity index is 777. The lowest BCUT2D eigenvalue weighted by molar-refractivity contribution is 0.0700. The summed E-state index contributed by atoms with van der Waals surface area (Å²) in [7, 11) is 0. The molecule has 2 heterocycles. The number of hydrogen-bond acceptors (Lipinski definition) is 4. The van der Waals surface area contributed by atoms with Crippen LogP contribution in [0.3, 0.4) is 0 Å². The third kappa shape index (κ3) is 3.30. The summed E-state index contributed by atoms with van der Waals surface area (Å²) in [4.78, 5) is 28.4. The van der Waals surface area contributed by atoms with Gasteiger partial charge in [-0.3, -0.25) is 9.59 Å². The normalized spacial score (nSPS) is 14.8. The van der Waals surface area contributed by atoms with E-state index in [1.807, 2.05) is 6.07 Å². The van der Waals surface area contributed by atoms with E-state index in [9.17, 15) is 9.59 Å². The molecule has 0 spiro atoms. The predicted octanol–water partition coefficient (Wildman–Crippen LogP) is 2.14. The van der Waals surface area contributed by atoms with Crippen LogP contribution in [0.1, 0.15) is 32.9 Å². The van der Waals surface area contributed by atoms with Crippen molar-refractivity contribution < 1.29 is 14.0 Å². The van der Waals surface area contributed by atoms with Crippen LogP contribution in [0.25, 0.3) is 0 Å². The molecule has 3 rings (SSSR count). The number of rotatable bonds is 2. The van der Waals surface area contributed by atoms with Crippen LogP contribution in [-0.4, -0.2) is 47.8 Å². The maximum Gasteiger partial charge on any atom is 0.289 e. The van der Waals surface area contributed by atoms with Gasteiger partial charge in [-0.05, 0) is 36.8 Å². The van der Waals surface area contributed by atoms with Crippen LogP contribution in [0.15, 0.2) is 47.1 Å². The molecule has 0 bridgehead atoms. The van der Waals surface area contributed by atoms with E-state index >= 15 is 0 Å². The van der Waals surface area contributed by atoms with Crippen molar-refractivity contribution in [2.45, 2.75) is 6.42 Å². The van der Waals surface area contributed by atoms with Crippen molar-refractivity contribution in [3.63, 3.8) is 0 Å². The minimum atomic E-state index is -0.152. The number of nitrogens with zero attached hydrogens (tertiary/aromatic N) is 3. The molecule has 6 heteroatoms. The largest absolute Gasteiger partial charge is 0.459 e. The molecule has 1 aliphatic rings. The summed E-state index contributed by atoms with van der Waals surface area (Å²) in [5.74, 6) is 0.0525. The van der Waals surface area contributed by atoms with Gasteiger partial charge in [-0.1, -0.05) is 6.07 Å². The van der Waals surface area contributed by atoms with Crippen LogP contribution in [0, 0.1) is 11.3 Å². The molecule has 1 aliphatic heterocycles. The molecule has 1 aromatic heterocycles. The van der Waals surface area contributed by atoms with E-state index in [4.69, 9.17) is 9.68 Å². The zero-order chi connectivity index (χ0) is 16.9. The molecule has 0 N–H and O–H groups in total. The standard InChI is InChI=1S/C18H17N3O3/c19-13-14-4-1-5-15(12-14)17(22)20-7-3-8-21(10-9-20)18(23)16-6-2-11-24-16/h1-2,4-6,11-12H,3,7-10H2. The summed E-state index contributed by atoms with van der Waals surface area (Å²) in [6.07, 6.45) is 2.18. The van der Waals surface area contributed by atoms with Crippen LogP contribution >= 0.6 is 0 Å². The maximum atomic E-state index is 12.6. The molecule has 6 nitrogen and oxygen atoms in total. The molecule has 0 unspecified atom stereocenters. The first-order valence-corrected chi connectivity index (χ1v) is 7.81. The van der Waals surface area contributed by atoms with Gasteiger partial charge in [0.1, 0.15) is 0 Å². The van der Waals surface area contributed by atoms with Crippen molar-refractivity contribution in [2.75, 3.05) is 26.2 Å². The van der Waals surface area contributed by atoms with Gasteiger partial charge >= 0.3 is 0 Å². The Labute approximate surface area is 139 Å². The van der Waals surface area contributed by atoms with E-state index in [-0.39, 0.29) is 11.8 Å². The van der Waals surface area contributed by atoms with Gasteiger partial charge in [-0.25, -0.2) is 0 Å². The van der Waals surface area contributed by atoms with Gasteiger partial charge in [0, 0.05) is 31.7 Å². The second-order valence-corrected chi connectivity index (χ2v) is 5.61. The second-order valence-electron chi connectivity index (χ2n) is 5.61. The minimum Gasteiger partial charge on any atom is -0.459 e. The average molecular weight is 323 g/mol. The highest BCUT2D eigenvalue weighted by Crippen LogP contribution is 2.13. The monoisotopic (exact) mass is 323 g/mol. The molecule has 1 aromatic carbocycles. The summed E-state index contributed by atoms with van der Waals surface area (Å²) >= 11 is 0. The molecular formula is C18H17N3O3. The fourth-order valence-electron chi connectivity index (χ4n) is 2.78. The number of hydrogen-bond donors (Lipinski definition) is 0. The van der Waals surface area contributed by atoms with Crippen molar-refractivity contribution in [3.8, 4) is 6.07 Å². The molecule has 1 saturated heterocycles. The number of benzene rings is 1. The van der Waals surface area contributed by atoms with Gasteiger partial charge < -0.3 is 14.2 Å². The number of carbonyl (C=O) groups excluding carboxylic acids is 2. The Morgan fingerprint density at radius 3 is 2.42 bits per heavy atom. The molecule has 2 aromatic rings. The van der Waals surface area contributed by atoms with Crippen LogP contribution in [-0.2, 0) is 0 Å². The van der Waals surface area contributed by atoms with E-state index in [2.05, 4.69) is 0 Å². The first-order valence-electron chi connectivity index (χ1n) is 7.81. The number of amides is 2. The van der Waals surface area contributed by atoms with Crippen LogP contribution in [0.4, 0.5) is 0 Å². The smallest absolute Gasteiger partial charge is 0.289 e. The van der Waals surface area contributed by atoms with Crippen molar-refractivity contribution in [2.24, 2.45) is 0 Å². The first-order chi connectivity index (χ1) is 11.7. The van der Waals surface area contributed by atoms with Crippen LogP contribution in [0.5, 0.6) is 0 Å². The highest BCUT2D eigenvalue weighted by atomic mass is 16.3. The van der Waals surface area contributed by atoms with E-state index < -0.39 is 0 Å². The zero-order valence-electron chi connectivity index (χ0n) is 13.1. The van der Waals surface area contributed by atoms with Gasteiger partial charge in [0.25, 0.3) is 11.8 Å². The fourth-order valence-corrected chi connectivity index (χ4v) is 2.78. The third-order valence-corrected chi connectivity index (χ3v) is 4.04. The van der Waals surface area contributed by atoms with Crippen molar-refractivity contribution in [1.82, 2.24) is 9.80 Å². The second kappa shape index (κ2) is 7.01. The van der Waals surface area contributed by atoms with E-state index in [1.54, 1.807) is 46.2 Å². The Hall–Kier alpha value is -3.07. The molecule has 0 radical (unpaired) electrons. The van der Waals surface area contributed by atoms with Gasteiger partial charge in [0.2, 0.25) is 0 Å². The Kier molecular flexibility index (Phi) is 4.62. The third-order valence-electron chi connectivity index (χ3n) is 4.04. The molecule has 122 valence electrons. The highest BCUT2D eigenvalue weighted by Gasteiger charge is 2.24. The average Bonchev–Trinajstić information content (AvgIpc) is 3.05. The molecule has 0 aliphatic carbocycles. The van der Waals surface area contributed by atoms with Gasteiger partial charge in [-0.2, -0.15) is 5.26 Å². The van der Waals surface area contributed by atoms with E-state index in [1.165, 1.54) is 6.26 Å². The summed E-state index contributed by atoms with van der Waals surface area (Å²) in [5.41, 5.74) is 0.963. The Morgan fingerprint density at radius 2 is 1.75 bits per heavy atom. The SMILES string of the molecule is N#Cc1cccc(C(=O)N2CCCN(C(=O)c3ccco3)CC2)c1. The number of furan rings is 1.